The number of carbonyl (C=O) groups is 1. The third-order valence-electron chi connectivity index (χ3n) is 4.92. The maximum absolute atomic E-state index is 12.6. The molecular weight excluding hydrogens is 320 g/mol. The van der Waals surface area contributed by atoms with Crippen LogP contribution in [0.15, 0.2) is 24.4 Å². The highest BCUT2D eigenvalue weighted by Crippen LogP contribution is 2.41. The van der Waals surface area contributed by atoms with Crippen molar-refractivity contribution in [3.63, 3.8) is 0 Å². The number of rotatable bonds is 6. The highest BCUT2D eigenvalue weighted by molar-refractivity contribution is 5.81. The lowest BCUT2D eigenvalue weighted by molar-refractivity contribution is -0.129. The molecule has 2 aromatic rings. The molecule has 2 aliphatic rings. The van der Waals surface area contributed by atoms with Crippen LogP contribution in [0.3, 0.4) is 0 Å². The van der Waals surface area contributed by atoms with Gasteiger partial charge in [-0.25, -0.2) is 0 Å². The number of hydrogen-bond donors (Lipinski definition) is 1. The third-order valence-corrected chi connectivity index (χ3v) is 4.92. The molecule has 3 heterocycles. The zero-order chi connectivity index (χ0) is 17.4. The standard InChI is InChI=1S/C17H22N6O2/c1-22-14(7-8-19-22)17-13(9-16(24)23(17)12-4-5-12)18-10-11-3-6-15(25-2)21-20-11/h3,6-8,12-13,17-18H,4-5,9-10H2,1-2H3/t13-,17-/m1/s1. The highest BCUT2D eigenvalue weighted by atomic mass is 16.5. The van der Waals surface area contributed by atoms with Crippen LogP contribution in [0.25, 0.3) is 0 Å². The molecule has 1 saturated heterocycles. The van der Waals surface area contributed by atoms with Gasteiger partial charge in [0.2, 0.25) is 11.8 Å². The molecule has 1 aliphatic heterocycles. The van der Waals surface area contributed by atoms with E-state index in [0.717, 1.165) is 24.2 Å². The average Bonchev–Trinajstić information content (AvgIpc) is 3.29. The van der Waals surface area contributed by atoms with E-state index in [0.29, 0.717) is 24.9 Å². The molecule has 132 valence electrons. The van der Waals surface area contributed by atoms with Gasteiger partial charge in [-0.1, -0.05) is 0 Å². The Balaban J connectivity index is 1.52. The zero-order valence-corrected chi connectivity index (χ0v) is 14.4. The third kappa shape index (κ3) is 3.09. The van der Waals surface area contributed by atoms with Crippen molar-refractivity contribution in [3.05, 3.63) is 35.8 Å². The van der Waals surface area contributed by atoms with Crippen LogP contribution in [0.4, 0.5) is 0 Å². The van der Waals surface area contributed by atoms with Crippen LogP contribution in [-0.2, 0) is 18.4 Å². The van der Waals surface area contributed by atoms with E-state index in [2.05, 4.69) is 20.6 Å². The fourth-order valence-electron chi connectivity index (χ4n) is 3.53. The SMILES string of the molecule is COc1ccc(CN[C@@H]2CC(=O)N(C3CC3)[C@H]2c2ccnn2C)nn1. The van der Waals surface area contributed by atoms with Gasteiger partial charge in [0, 0.05) is 44.4 Å². The van der Waals surface area contributed by atoms with Crippen LogP contribution < -0.4 is 10.1 Å². The topological polar surface area (TPSA) is 85.2 Å². The number of aryl methyl sites for hydroxylation is 1. The Kier molecular flexibility index (Phi) is 4.12. The van der Waals surface area contributed by atoms with Crippen LogP contribution in [0.5, 0.6) is 5.88 Å². The van der Waals surface area contributed by atoms with Gasteiger partial charge in [-0.15, -0.1) is 5.10 Å². The molecular formula is C17H22N6O2. The van der Waals surface area contributed by atoms with Crippen LogP contribution in [-0.4, -0.2) is 50.0 Å². The molecule has 0 unspecified atom stereocenters. The quantitative estimate of drug-likeness (QED) is 0.836. The molecule has 8 nitrogen and oxygen atoms in total. The van der Waals surface area contributed by atoms with Crippen molar-refractivity contribution in [3.8, 4) is 5.88 Å². The number of methoxy groups -OCH3 is 1. The minimum Gasteiger partial charge on any atom is -0.480 e. The van der Waals surface area contributed by atoms with Crippen LogP contribution in [0, 0.1) is 0 Å². The molecule has 1 N–H and O–H groups in total. The first-order chi connectivity index (χ1) is 12.2. The lowest BCUT2D eigenvalue weighted by atomic mass is 10.1. The zero-order valence-electron chi connectivity index (χ0n) is 14.4. The number of hydrogen-bond acceptors (Lipinski definition) is 6. The minimum absolute atomic E-state index is 0.0127. The molecule has 0 spiro atoms. The van der Waals surface area contributed by atoms with E-state index in [1.807, 2.05) is 28.8 Å². The molecule has 0 radical (unpaired) electrons. The second-order valence-corrected chi connectivity index (χ2v) is 6.62. The van der Waals surface area contributed by atoms with Crippen LogP contribution in [0.2, 0.25) is 0 Å². The Morgan fingerprint density at radius 2 is 2.12 bits per heavy atom. The predicted octanol–water partition coefficient (Wildman–Crippen LogP) is 0.813. The molecule has 8 heteroatoms. The molecule has 1 saturated carbocycles. The Morgan fingerprint density at radius 3 is 2.72 bits per heavy atom. The molecule has 4 rings (SSSR count). The fraction of sp³-hybridized carbons (Fsp3) is 0.529. The molecule has 0 aromatic carbocycles. The Labute approximate surface area is 146 Å². The number of carbonyl (C=O) groups excluding carboxylic acids is 1. The van der Waals surface area contributed by atoms with E-state index in [-0.39, 0.29) is 18.0 Å². The molecule has 1 aliphatic carbocycles. The van der Waals surface area contributed by atoms with Gasteiger partial charge in [-0.3, -0.25) is 9.48 Å². The molecule has 2 atom stereocenters. The van der Waals surface area contributed by atoms with E-state index >= 15 is 0 Å². The van der Waals surface area contributed by atoms with Crippen LogP contribution in [0.1, 0.15) is 36.7 Å². The van der Waals surface area contributed by atoms with Crippen LogP contribution >= 0.6 is 0 Å². The first-order valence-corrected chi connectivity index (χ1v) is 8.56. The fourth-order valence-corrected chi connectivity index (χ4v) is 3.53. The summed E-state index contributed by atoms with van der Waals surface area (Å²) in [7, 11) is 3.49. The van der Waals surface area contributed by atoms with E-state index in [1.54, 1.807) is 19.4 Å². The number of nitrogens with zero attached hydrogens (tertiary/aromatic N) is 5. The molecule has 2 fully saturated rings. The number of aromatic nitrogens is 4. The number of likely N-dealkylation sites (tertiary alicyclic amines) is 1. The summed E-state index contributed by atoms with van der Waals surface area (Å²) in [6.07, 6.45) is 4.47. The van der Waals surface area contributed by atoms with Crippen molar-refractivity contribution in [2.24, 2.45) is 7.05 Å². The highest BCUT2D eigenvalue weighted by Gasteiger charge is 2.48. The molecule has 2 aromatic heterocycles. The summed E-state index contributed by atoms with van der Waals surface area (Å²) in [5, 5.41) is 15.9. The van der Waals surface area contributed by atoms with Gasteiger partial charge >= 0.3 is 0 Å². The second-order valence-electron chi connectivity index (χ2n) is 6.62. The summed E-state index contributed by atoms with van der Waals surface area (Å²) in [5.74, 6) is 0.708. The first-order valence-electron chi connectivity index (χ1n) is 8.56. The Hall–Kier alpha value is -2.48. The maximum atomic E-state index is 12.6. The monoisotopic (exact) mass is 342 g/mol. The lowest BCUT2D eigenvalue weighted by Crippen LogP contribution is -2.38. The number of ether oxygens (including phenoxy) is 1. The van der Waals surface area contributed by atoms with Gasteiger partial charge in [-0.2, -0.15) is 10.2 Å². The van der Waals surface area contributed by atoms with Gasteiger partial charge in [0.15, 0.2) is 0 Å². The van der Waals surface area contributed by atoms with Crippen molar-refractivity contribution >= 4 is 5.91 Å². The average molecular weight is 342 g/mol. The summed E-state index contributed by atoms with van der Waals surface area (Å²) in [4.78, 5) is 14.6. The largest absolute Gasteiger partial charge is 0.480 e. The number of nitrogens with one attached hydrogen (secondary N) is 1. The van der Waals surface area contributed by atoms with E-state index < -0.39 is 0 Å². The van der Waals surface area contributed by atoms with Crippen molar-refractivity contribution in [2.75, 3.05) is 7.11 Å². The van der Waals surface area contributed by atoms with Crippen molar-refractivity contribution in [2.45, 2.75) is 43.9 Å². The van der Waals surface area contributed by atoms with Gasteiger partial charge < -0.3 is 15.0 Å². The van der Waals surface area contributed by atoms with E-state index in [9.17, 15) is 4.79 Å². The van der Waals surface area contributed by atoms with Crippen molar-refractivity contribution in [1.82, 2.24) is 30.2 Å². The maximum Gasteiger partial charge on any atom is 0.233 e. The van der Waals surface area contributed by atoms with Gasteiger partial charge in [0.25, 0.3) is 0 Å². The minimum atomic E-state index is 0.0127. The summed E-state index contributed by atoms with van der Waals surface area (Å²) in [6, 6.07) is 6.10. The summed E-state index contributed by atoms with van der Waals surface area (Å²) in [5.41, 5.74) is 1.89. The van der Waals surface area contributed by atoms with E-state index in [4.69, 9.17) is 4.74 Å². The smallest absolute Gasteiger partial charge is 0.233 e. The molecule has 25 heavy (non-hydrogen) atoms. The second kappa shape index (κ2) is 6.44. The number of amides is 1. The lowest BCUT2D eigenvalue weighted by Gasteiger charge is -2.28. The molecule has 1 amide bonds. The normalized spacial score (nSPS) is 23.3. The Bertz CT molecular complexity index is 755. The van der Waals surface area contributed by atoms with E-state index in [1.165, 1.54) is 0 Å². The summed E-state index contributed by atoms with van der Waals surface area (Å²) >= 11 is 0. The van der Waals surface area contributed by atoms with Crippen molar-refractivity contribution in [1.29, 1.82) is 0 Å². The summed E-state index contributed by atoms with van der Waals surface area (Å²) in [6.45, 7) is 0.557. The first kappa shape index (κ1) is 16.0. The molecule has 0 bridgehead atoms. The predicted molar refractivity (Wildman–Crippen MR) is 89.6 cm³/mol. The Morgan fingerprint density at radius 1 is 1.28 bits per heavy atom. The van der Waals surface area contributed by atoms with Gasteiger partial charge in [-0.05, 0) is 25.0 Å². The summed E-state index contributed by atoms with van der Waals surface area (Å²) < 4.78 is 6.89. The van der Waals surface area contributed by atoms with Gasteiger partial charge in [0.1, 0.15) is 0 Å². The van der Waals surface area contributed by atoms with Gasteiger partial charge in [0.05, 0.1) is 24.5 Å². The van der Waals surface area contributed by atoms with Crippen molar-refractivity contribution < 1.29 is 9.53 Å².